The van der Waals surface area contributed by atoms with Crippen LogP contribution in [0.4, 0.5) is 0 Å². The third-order valence-corrected chi connectivity index (χ3v) is 4.75. The van der Waals surface area contributed by atoms with Gasteiger partial charge in [0.25, 0.3) is 0 Å². The van der Waals surface area contributed by atoms with E-state index in [1.807, 2.05) is 13.8 Å². The second-order valence-corrected chi connectivity index (χ2v) is 6.59. The molecule has 0 aliphatic heterocycles. The van der Waals surface area contributed by atoms with Gasteiger partial charge < -0.3 is 10.6 Å². The first-order valence-electron chi connectivity index (χ1n) is 6.91. The molecule has 1 rings (SSSR count). The van der Waals surface area contributed by atoms with Crippen molar-refractivity contribution in [1.82, 2.24) is 9.62 Å². The van der Waals surface area contributed by atoms with Crippen LogP contribution >= 0.6 is 0 Å². The van der Waals surface area contributed by atoms with Gasteiger partial charge >= 0.3 is 0 Å². The first kappa shape index (κ1) is 17.6. The molecule has 0 saturated heterocycles. The Kier molecular flexibility index (Phi) is 6.32. The molecule has 0 aliphatic carbocycles. The molecule has 0 bridgehead atoms. The fraction of sp³-hybridized carbons (Fsp3) is 0.500. The predicted octanol–water partition coefficient (Wildman–Crippen LogP) is 0.853. The highest BCUT2D eigenvalue weighted by molar-refractivity contribution is 7.89. The fourth-order valence-corrected chi connectivity index (χ4v) is 2.73. The first-order valence-corrected chi connectivity index (χ1v) is 8.39. The van der Waals surface area contributed by atoms with Gasteiger partial charge in [0.05, 0.1) is 11.4 Å². The molecule has 0 radical (unpaired) electrons. The Balaban J connectivity index is 2.86. The number of carbonyl (C=O) groups excluding carboxylic acids is 1. The molecule has 1 unspecified atom stereocenters. The number of carbonyl (C=O) groups is 1. The van der Waals surface area contributed by atoms with E-state index >= 15 is 0 Å². The summed E-state index contributed by atoms with van der Waals surface area (Å²) in [5.74, 6) is -0.275. The zero-order chi connectivity index (χ0) is 16.0. The summed E-state index contributed by atoms with van der Waals surface area (Å²) in [5.41, 5.74) is 6.67. The van der Waals surface area contributed by atoms with Gasteiger partial charge in [0.2, 0.25) is 15.9 Å². The molecule has 3 N–H and O–H groups in total. The van der Waals surface area contributed by atoms with Gasteiger partial charge in [-0.1, -0.05) is 19.1 Å². The fourth-order valence-electron chi connectivity index (χ4n) is 1.70. The highest BCUT2D eigenvalue weighted by Gasteiger charge is 2.17. The number of amides is 1. The minimum absolute atomic E-state index is 0.121. The number of hydrogen-bond acceptors (Lipinski definition) is 4. The molecular formula is C14H23N3O3S. The Morgan fingerprint density at radius 3 is 2.62 bits per heavy atom. The van der Waals surface area contributed by atoms with Crippen LogP contribution in [0.2, 0.25) is 0 Å². The molecule has 1 aromatic rings. The Labute approximate surface area is 126 Å². The summed E-state index contributed by atoms with van der Waals surface area (Å²) >= 11 is 0. The lowest BCUT2D eigenvalue weighted by Gasteiger charge is -2.15. The van der Waals surface area contributed by atoms with Crippen molar-refractivity contribution in [1.29, 1.82) is 0 Å². The Morgan fingerprint density at radius 1 is 1.38 bits per heavy atom. The molecule has 1 atom stereocenters. The summed E-state index contributed by atoms with van der Waals surface area (Å²) in [6, 6.07) is 6.28. The SMILES string of the molecule is CCC(N)c1cccc(S(=O)(=O)NCC(=O)N(C)CC)c1. The number of nitrogens with two attached hydrogens (primary N) is 1. The summed E-state index contributed by atoms with van der Waals surface area (Å²) in [5, 5.41) is 0. The minimum Gasteiger partial charge on any atom is -0.345 e. The van der Waals surface area contributed by atoms with Gasteiger partial charge in [-0.15, -0.1) is 0 Å². The van der Waals surface area contributed by atoms with E-state index in [-0.39, 0.29) is 23.4 Å². The van der Waals surface area contributed by atoms with E-state index < -0.39 is 10.0 Å². The Bertz CT molecular complexity index is 587. The van der Waals surface area contributed by atoms with Crippen molar-refractivity contribution < 1.29 is 13.2 Å². The van der Waals surface area contributed by atoms with Crippen molar-refractivity contribution in [2.75, 3.05) is 20.1 Å². The number of nitrogens with one attached hydrogen (secondary N) is 1. The summed E-state index contributed by atoms with van der Waals surface area (Å²) in [7, 11) is -2.09. The monoisotopic (exact) mass is 313 g/mol. The molecule has 0 spiro atoms. The van der Waals surface area contributed by atoms with Gasteiger partial charge in [-0.25, -0.2) is 13.1 Å². The minimum atomic E-state index is -3.71. The standard InChI is InChI=1S/C14H23N3O3S/c1-4-13(15)11-7-6-8-12(9-11)21(19,20)16-10-14(18)17(3)5-2/h6-9,13,16H,4-5,10,15H2,1-3H3. The van der Waals surface area contributed by atoms with Crippen molar-refractivity contribution >= 4 is 15.9 Å². The smallest absolute Gasteiger partial charge is 0.241 e. The molecule has 0 aromatic heterocycles. The van der Waals surface area contributed by atoms with E-state index in [0.29, 0.717) is 6.54 Å². The third-order valence-electron chi connectivity index (χ3n) is 3.35. The van der Waals surface area contributed by atoms with Gasteiger partial charge in [-0.2, -0.15) is 0 Å². The van der Waals surface area contributed by atoms with Crippen molar-refractivity contribution in [2.45, 2.75) is 31.2 Å². The lowest BCUT2D eigenvalue weighted by Crippen LogP contribution is -2.38. The number of benzene rings is 1. The number of nitrogens with zero attached hydrogens (tertiary/aromatic N) is 1. The largest absolute Gasteiger partial charge is 0.345 e. The molecule has 0 aliphatic rings. The van der Waals surface area contributed by atoms with E-state index in [9.17, 15) is 13.2 Å². The molecule has 7 heteroatoms. The zero-order valence-corrected chi connectivity index (χ0v) is 13.5. The van der Waals surface area contributed by atoms with E-state index in [0.717, 1.165) is 12.0 Å². The predicted molar refractivity (Wildman–Crippen MR) is 82.2 cm³/mol. The maximum absolute atomic E-state index is 12.2. The summed E-state index contributed by atoms with van der Waals surface area (Å²) in [4.78, 5) is 13.2. The average Bonchev–Trinajstić information content (AvgIpc) is 2.51. The molecular weight excluding hydrogens is 290 g/mol. The number of rotatable bonds is 7. The maximum atomic E-state index is 12.2. The summed E-state index contributed by atoms with van der Waals surface area (Å²) in [6.45, 7) is 4.03. The van der Waals surface area contributed by atoms with Gasteiger partial charge in [0.1, 0.15) is 0 Å². The molecule has 0 heterocycles. The van der Waals surface area contributed by atoms with Crippen LogP contribution in [0.1, 0.15) is 31.9 Å². The van der Waals surface area contributed by atoms with Gasteiger partial charge in [-0.05, 0) is 31.0 Å². The molecule has 118 valence electrons. The van der Waals surface area contributed by atoms with Crippen LogP contribution in [0, 0.1) is 0 Å². The average molecular weight is 313 g/mol. The molecule has 6 nitrogen and oxygen atoms in total. The normalized spacial score (nSPS) is 13.0. The van der Waals surface area contributed by atoms with Crippen molar-refractivity contribution in [2.24, 2.45) is 5.73 Å². The van der Waals surface area contributed by atoms with Crippen molar-refractivity contribution in [3.05, 3.63) is 29.8 Å². The molecule has 0 fully saturated rings. The van der Waals surface area contributed by atoms with E-state index in [2.05, 4.69) is 4.72 Å². The lowest BCUT2D eigenvalue weighted by molar-refractivity contribution is -0.128. The second-order valence-electron chi connectivity index (χ2n) is 4.82. The van der Waals surface area contributed by atoms with E-state index in [1.54, 1.807) is 25.2 Å². The Hall–Kier alpha value is -1.44. The molecule has 0 saturated carbocycles. The van der Waals surface area contributed by atoms with Gasteiger partial charge in [-0.3, -0.25) is 4.79 Å². The highest BCUT2D eigenvalue weighted by atomic mass is 32.2. The number of hydrogen-bond donors (Lipinski definition) is 2. The first-order chi connectivity index (χ1) is 9.81. The number of likely N-dealkylation sites (N-methyl/N-ethyl adjacent to an activating group) is 1. The number of sulfonamides is 1. The topological polar surface area (TPSA) is 92.5 Å². The highest BCUT2D eigenvalue weighted by Crippen LogP contribution is 2.18. The van der Waals surface area contributed by atoms with Crippen molar-refractivity contribution in [3.63, 3.8) is 0 Å². The van der Waals surface area contributed by atoms with Crippen molar-refractivity contribution in [3.8, 4) is 0 Å². The van der Waals surface area contributed by atoms with E-state index in [4.69, 9.17) is 5.73 Å². The molecule has 1 aromatic carbocycles. The van der Waals surface area contributed by atoms with Gasteiger partial charge in [0.15, 0.2) is 0 Å². The van der Waals surface area contributed by atoms with Crippen LogP contribution in [0.25, 0.3) is 0 Å². The van der Waals surface area contributed by atoms with Crippen LogP contribution in [-0.2, 0) is 14.8 Å². The van der Waals surface area contributed by atoms with Gasteiger partial charge in [0, 0.05) is 19.6 Å². The van der Waals surface area contributed by atoms with E-state index in [1.165, 1.54) is 11.0 Å². The molecule has 21 heavy (non-hydrogen) atoms. The van der Waals surface area contributed by atoms with Crippen LogP contribution in [0.15, 0.2) is 29.2 Å². The van der Waals surface area contributed by atoms with Crippen LogP contribution in [0.5, 0.6) is 0 Å². The van der Waals surface area contributed by atoms with Crippen LogP contribution in [0.3, 0.4) is 0 Å². The summed E-state index contributed by atoms with van der Waals surface area (Å²) in [6.07, 6.45) is 0.719. The maximum Gasteiger partial charge on any atom is 0.241 e. The van der Waals surface area contributed by atoms with Crippen LogP contribution < -0.4 is 10.5 Å². The summed E-state index contributed by atoms with van der Waals surface area (Å²) < 4.78 is 26.7. The van der Waals surface area contributed by atoms with Crippen LogP contribution in [-0.4, -0.2) is 39.4 Å². The zero-order valence-electron chi connectivity index (χ0n) is 12.7. The molecule has 1 amide bonds. The second kappa shape index (κ2) is 7.53. The Morgan fingerprint density at radius 2 is 2.05 bits per heavy atom. The lowest BCUT2D eigenvalue weighted by atomic mass is 10.1. The quantitative estimate of drug-likeness (QED) is 0.780. The third kappa shape index (κ3) is 4.80.